The maximum Gasteiger partial charge on any atom is 0.407 e. The maximum atomic E-state index is 11.2. The highest BCUT2D eigenvalue weighted by atomic mass is 16.5. The molecule has 2 fully saturated rings. The predicted molar refractivity (Wildman–Crippen MR) is 118 cm³/mol. The fourth-order valence-electron chi connectivity index (χ4n) is 4.34. The summed E-state index contributed by atoms with van der Waals surface area (Å²) in [4.78, 5) is 26.1. The minimum Gasteiger partial charge on any atom is -0.493 e. The van der Waals surface area contributed by atoms with Gasteiger partial charge in [0.2, 0.25) is 0 Å². The van der Waals surface area contributed by atoms with Gasteiger partial charge in [0.05, 0.1) is 19.2 Å². The van der Waals surface area contributed by atoms with E-state index in [1.54, 1.807) is 13.4 Å². The van der Waals surface area contributed by atoms with Crippen LogP contribution in [-0.4, -0.2) is 90.5 Å². The molecule has 0 saturated carbocycles. The first-order valence-electron chi connectivity index (χ1n) is 11.1. The minimum absolute atomic E-state index is 0.455. The largest absolute Gasteiger partial charge is 0.493 e. The number of amides is 1. The van der Waals surface area contributed by atoms with E-state index >= 15 is 0 Å². The van der Waals surface area contributed by atoms with Gasteiger partial charge in [0.25, 0.3) is 0 Å². The fourth-order valence-corrected chi connectivity index (χ4v) is 4.34. The average Bonchev–Trinajstić information content (AvgIpc) is 2.81. The summed E-state index contributed by atoms with van der Waals surface area (Å²) in [6, 6.07) is 3.84. The molecule has 1 N–H and O–H groups in total. The molecule has 1 aromatic heterocycles. The van der Waals surface area contributed by atoms with Crippen LogP contribution < -0.4 is 14.4 Å². The Balaban J connectivity index is 1.44. The molecule has 0 spiro atoms. The highest BCUT2D eigenvalue weighted by Gasteiger charge is 2.23. The number of anilines is 1. The van der Waals surface area contributed by atoms with Crippen molar-refractivity contribution in [1.82, 2.24) is 19.8 Å². The molecular weight excluding hydrogens is 398 g/mol. The summed E-state index contributed by atoms with van der Waals surface area (Å²) in [5, 5.41) is 10.1. The van der Waals surface area contributed by atoms with E-state index in [1.807, 2.05) is 12.1 Å². The molecule has 3 heterocycles. The standard InChI is InChI=1S/C22H31N5O4/c1-30-19-14-17-18(15-20(19)31-13-5-8-25-6-3-2-4-7-25)23-16-24-21(17)26-9-11-27(12-10-26)22(28)29/h14-16H,2-13H2,1H3,(H,28,29). The van der Waals surface area contributed by atoms with E-state index in [0.29, 0.717) is 44.3 Å². The monoisotopic (exact) mass is 429 g/mol. The van der Waals surface area contributed by atoms with Crippen LogP contribution in [0.25, 0.3) is 10.9 Å². The first-order chi connectivity index (χ1) is 15.2. The number of methoxy groups -OCH3 is 1. The molecule has 0 unspecified atom stereocenters. The van der Waals surface area contributed by atoms with Gasteiger partial charge in [0, 0.05) is 44.2 Å². The van der Waals surface area contributed by atoms with Gasteiger partial charge in [-0.3, -0.25) is 0 Å². The van der Waals surface area contributed by atoms with E-state index in [9.17, 15) is 9.90 Å². The number of nitrogens with zero attached hydrogens (tertiary/aromatic N) is 5. The second kappa shape index (κ2) is 10.00. The molecule has 4 rings (SSSR count). The van der Waals surface area contributed by atoms with Crippen molar-refractivity contribution in [2.75, 3.05) is 64.4 Å². The summed E-state index contributed by atoms with van der Waals surface area (Å²) in [6.45, 7) is 6.18. The van der Waals surface area contributed by atoms with E-state index in [2.05, 4.69) is 19.8 Å². The number of carbonyl (C=O) groups is 1. The number of likely N-dealkylation sites (tertiary alicyclic amines) is 1. The van der Waals surface area contributed by atoms with Crippen LogP contribution in [0.2, 0.25) is 0 Å². The Morgan fingerprint density at radius 2 is 1.81 bits per heavy atom. The third-order valence-electron chi connectivity index (χ3n) is 6.07. The quantitative estimate of drug-likeness (QED) is 0.672. The molecule has 0 bridgehead atoms. The highest BCUT2D eigenvalue weighted by molar-refractivity contribution is 5.92. The van der Waals surface area contributed by atoms with Crippen molar-refractivity contribution in [2.45, 2.75) is 25.7 Å². The third kappa shape index (κ3) is 5.10. The van der Waals surface area contributed by atoms with Gasteiger partial charge < -0.3 is 29.3 Å². The molecule has 0 radical (unpaired) electrons. The number of hydrogen-bond acceptors (Lipinski definition) is 7. The van der Waals surface area contributed by atoms with Crippen molar-refractivity contribution < 1.29 is 19.4 Å². The SMILES string of the molecule is COc1cc2c(N3CCN(C(=O)O)CC3)ncnc2cc1OCCCN1CCCCC1. The maximum absolute atomic E-state index is 11.2. The van der Waals surface area contributed by atoms with Gasteiger partial charge in [-0.05, 0) is 38.4 Å². The molecule has 168 valence electrons. The van der Waals surface area contributed by atoms with E-state index in [-0.39, 0.29) is 0 Å². The second-order valence-electron chi connectivity index (χ2n) is 8.08. The Morgan fingerprint density at radius 1 is 1.03 bits per heavy atom. The van der Waals surface area contributed by atoms with Crippen LogP contribution >= 0.6 is 0 Å². The number of fused-ring (bicyclic) bond motifs is 1. The lowest BCUT2D eigenvalue weighted by molar-refractivity contribution is 0.142. The second-order valence-corrected chi connectivity index (χ2v) is 8.08. The van der Waals surface area contributed by atoms with Crippen LogP contribution in [-0.2, 0) is 0 Å². The van der Waals surface area contributed by atoms with Crippen molar-refractivity contribution in [3.8, 4) is 11.5 Å². The van der Waals surface area contributed by atoms with Gasteiger partial charge in [-0.2, -0.15) is 0 Å². The molecule has 9 nitrogen and oxygen atoms in total. The highest BCUT2D eigenvalue weighted by Crippen LogP contribution is 2.35. The van der Waals surface area contributed by atoms with Gasteiger partial charge in [-0.1, -0.05) is 6.42 Å². The lowest BCUT2D eigenvalue weighted by atomic mass is 10.1. The zero-order valence-electron chi connectivity index (χ0n) is 18.1. The Morgan fingerprint density at radius 3 is 2.52 bits per heavy atom. The Kier molecular flexibility index (Phi) is 6.91. The molecule has 2 aliphatic heterocycles. The molecule has 0 aliphatic carbocycles. The van der Waals surface area contributed by atoms with Gasteiger partial charge in [-0.15, -0.1) is 0 Å². The Bertz CT molecular complexity index is 895. The first kappa shape index (κ1) is 21.4. The number of piperazine rings is 1. The molecule has 0 atom stereocenters. The van der Waals surface area contributed by atoms with Crippen molar-refractivity contribution in [2.24, 2.45) is 0 Å². The van der Waals surface area contributed by atoms with Gasteiger partial charge in [0.1, 0.15) is 12.1 Å². The van der Waals surface area contributed by atoms with Crippen LogP contribution in [0.15, 0.2) is 18.5 Å². The lowest BCUT2D eigenvalue weighted by Crippen LogP contribution is -2.48. The summed E-state index contributed by atoms with van der Waals surface area (Å²) >= 11 is 0. The summed E-state index contributed by atoms with van der Waals surface area (Å²) in [7, 11) is 1.64. The number of hydrogen-bond donors (Lipinski definition) is 1. The number of benzene rings is 1. The number of piperidine rings is 1. The molecular formula is C22H31N5O4. The Hall–Kier alpha value is -2.81. The smallest absolute Gasteiger partial charge is 0.407 e. The number of rotatable bonds is 7. The summed E-state index contributed by atoms with van der Waals surface area (Å²) < 4.78 is 11.7. The van der Waals surface area contributed by atoms with Gasteiger partial charge in [-0.25, -0.2) is 14.8 Å². The van der Waals surface area contributed by atoms with Crippen molar-refractivity contribution >= 4 is 22.8 Å². The lowest BCUT2D eigenvalue weighted by Gasteiger charge is -2.34. The summed E-state index contributed by atoms with van der Waals surface area (Å²) in [6.07, 6.45) is 5.59. The van der Waals surface area contributed by atoms with Crippen LogP contribution in [0, 0.1) is 0 Å². The molecule has 31 heavy (non-hydrogen) atoms. The molecule has 2 aromatic rings. The van der Waals surface area contributed by atoms with Crippen molar-refractivity contribution in [1.29, 1.82) is 0 Å². The fraction of sp³-hybridized carbons (Fsp3) is 0.591. The van der Waals surface area contributed by atoms with Crippen LogP contribution in [0.5, 0.6) is 11.5 Å². The molecule has 2 saturated heterocycles. The van der Waals surface area contributed by atoms with E-state index in [4.69, 9.17) is 9.47 Å². The van der Waals surface area contributed by atoms with Gasteiger partial charge in [0.15, 0.2) is 11.5 Å². The van der Waals surface area contributed by atoms with E-state index in [1.165, 1.54) is 37.3 Å². The predicted octanol–water partition coefficient (Wildman–Crippen LogP) is 2.69. The van der Waals surface area contributed by atoms with Crippen molar-refractivity contribution in [3.63, 3.8) is 0 Å². The normalized spacial score (nSPS) is 17.7. The first-order valence-corrected chi connectivity index (χ1v) is 11.1. The number of carboxylic acid groups (broad SMARTS) is 1. The molecule has 1 amide bonds. The number of aromatic nitrogens is 2. The molecule has 1 aromatic carbocycles. The molecule has 2 aliphatic rings. The minimum atomic E-state index is -0.879. The van der Waals surface area contributed by atoms with Crippen LogP contribution in [0.3, 0.4) is 0 Å². The van der Waals surface area contributed by atoms with Crippen LogP contribution in [0.4, 0.5) is 10.6 Å². The third-order valence-corrected chi connectivity index (χ3v) is 6.07. The summed E-state index contributed by atoms with van der Waals surface area (Å²) in [5.74, 6) is 2.14. The van der Waals surface area contributed by atoms with Crippen molar-refractivity contribution in [3.05, 3.63) is 18.5 Å². The topological polar surface area (TPSA) is 91.3 Å². The zero-order chi connectivity index (χ0) is 21.6. The molecule has 9 heteroatoms. The summed E-state index contributed by atoms with van der Waals surface area (Å²) in [5.41, 5.74) is 0.789. The van der Waals surface area contributed by atoms with Crippen LogP contribution in [0.1, 0.15) is 25.7 Å². The van der Waals surface area contributed by atoms with E-state index < -0.39 is 6.09 Å². The average molecular weight is 430 g/mol. The van der Waals surface area contributed by atoms with Gasteiger partial charge >= 0.3 is 6.09 Å². The Labute approximate surface area is 182 Å². The van der Waals surface area contributed by atoms with E-state index in [0.717, 1.165) is 29.7 Å². The zero-order valence-corrected chi connectivity index (χ0v) is 18.1. The number of ether oxygens (including phenoxy) is 2.